The molecule has 1 aliphatic carbocycles. The molecule has 1 saturated carbocycles. The number of rotatable bonds is 6. The molecule has 11 heteroatoms. The molecule has 0 saturated heterocycles. The fourth-order valence-corrected chi connectivity index (χ4v) is 4.52. The Labute approximate surface area is 197 Å². The molecule has 1 fully saturated rings. The van der Waals surface area contributed by atoms with Crippen molar-refractivity contribution in [3.05, 3.63) is 58.9 Å². The summed E-state index contributed by atoms with van der Waals surface area (Å²) in [5, 5.41) is 15.4. The monoisotopic (exact) mass is 487 g/mol. The number of thiazole rings is 1. The third-order valence-corrected chi connectivity index (χ3v) is 6.36. The van der Waals surface area contributed by atoms with Crippen LogP contribution < -0.4 is 15.4 Å². The Kier molecular flexibility index (Phi) is 6.05. The zero-order valence-electron chi connectivity index (χ0n) is 17.9. The van der Waals surface area contributed by atoms with Crippen molar-refractivity contribution in [1.29, 1.82) is 0 Å². The number of hydrogen-bond acceptors (Lipinski definition) is 7. The summed E-state index contributed by atoms with van der Waals surface area (Å²) < 4.78 is 48.5. The van der Waals surface area contributed by atoms with Crippen molar-refractivity contribution in [1.82, 2.24) is 20.5 Å². The first-order chi connectivity index (χ1) is 16.4. The number of halogens is 3. The minimum Gasteiger partial charge on any atom is -0.490 e. The minimum atomic E-state index is -4.66. The van der Waals surface area contributed by atoms with E-state index in [1.165, 1.54) is 35.9 Å². The third-order valence-electron chi connectivity index (χ3n) is 5.47. The number of hydrogen-bond donors (Lipinski definition) is 2. The predicted molar refractivity (Wildman–Crippen MR) is 122 cm³/mol. The van der Waals surface area contributed by atoms with E-state index >= 15 is 0 Å². The lowest BCUT2D eigenvalue weighted by Gasteiger charge is -2.24. The molecule has 176 valence electrons. The molecule has 0 unspecified atom stereocenters. The molecule has 0 bridgehead atoms. The Bertz CT molecular complexity index is 1240. The van der Waals surface area contributed by atoms with Gasteiger partial charge in [0.05, 0.1) is 18.5 Å². The molecule has 0 spiro atoms. The first-order valence-electron chi connectivity index (χ1n) is 10.7. The zero-order chi connectivity index (χ0) is 23.7. The number of benzene rings is 1. The van der Waals surface area contributed by atoms with Crippen LogP contribution in [-0.4, -0.2) is 40.3 Å². The van der Waals surface area contributed by atoms with Crippen LogP contribution in [0.4, 0.5) is 18.9 Å². The minimum absolute atomic E-state index is 0.0470. The van der Waals surface area contributed by atoms with Gasteiger partial charge in [-0.15, -0.1) is 11.3 Å². The van der Waals surface area contributed by atoms with Gasteiger partial charge in [-0.25, -0.2) is 4.98 Å². The Balaban J connectivity index is 1.52. The molecule has 0 atom stereocenters. The van der Waals surface area contributed by atoms with E-state index in [-0.39, 0.29) is 28.8 Å². The molecule has 2 N–H and O–H groups in total. The van der Waals surface area contributed by atoms with Crippen molar-refractivity contribution >= 4 is 28.5 Å². The number of alkyl halides is 3. The highest BCUT2D eigenvalue weighted by molar-refractivity contribution is 7.13. The van der Waals surface area contributed by atoms with Gasteiger partial charge in [-0.05, 0) is 49.6 Å². The molecule has 2 aliphatic rings. The van der Waals surface area contributed by atoms with E-state index in [4.69, 9.17) is 4.74 Å². The van der Waals surface area contributed by atoms with Crippen LogP contribution in [-0.2, 0) is 6.18 Å². The van der Waals surface area contributed by atoms with Gasteiger partial charge < -0.3 is 15.4 Å². The molecule has 7 nitrogen and oxygen atoms in total. The van der Waals surface area contributed by atoms with Gasteiger partial charge in [-0.2, -0.15) is 23.4 Å². The molecule has 1 aromatic carbocycles. The lowest BCUT2D eigenvalue weighted by atomic mass is 9.92. The molecular weight excluding hydrogens is 467 g/mol. The number of ether oxygens (including phenoxy) is 1. The average molecular weight is 488 g/mol. The summed E-state index contributed by atoms with van der Waals surface area (Å²) in [5.74, 6) is -0.798. The van der Waals surface area contributed by atoms with Crippen LogP contribution in [0.2, 0.25) is 0 Å². The van der Waals surface area contributed by atoms with Crippen LogP contribution in [0.15, 0.2) is 42.0 Å². The highest BCUT2D eigenvalue weighted by atomic mass is 32.1. The van der Waals surface area contributed by atoms with Crippen LogP contribution >= 0.6 is 11.3 Å². The maximum atomic E-state index is 14.3. The Morgan fingerprint density at radius 1 is 1.21 bits per heavy atom. The van der Waals surface area contributed by atoms with Crippen LogP contribution in [0.1, 0.15) is 40.9 Å². The second kappa shape index (κ2) is 9.15. The van der Waals surface area contributed by atoms with E-state index < -0.39 is 17.6 Å². The van der Waals surface area contributed by atoms with Crippen molar-refractivity contribution < 1.29 is 22.7 Å². The first kappa shape index (κ1) is 22.5. The summed E-state index contributed by atoms with van der Waals surface area (Å²) in [6.07, 6.45) is 1.77. The second-order valence-electron chi connectivity index (χ2n) is 7.98. The fraction of sp³-hybridized carbons (Fsp3) is 0.304. The van der Waals surface area contributed by atoms with Gasteiger partial charge >= 0.3 is 6.18 Å². The largest absolute Gasteiger partial charge is 0.490 e. The number of carbonyl (C=O) groups excluding carboxylic acids is 1. The molecule has 34 heavy (non-hydrogen) atoms. The Morgan fingerprint density at radius 2 is 2.06 bits per heavy atom. The van der Waals surface area contributed by atoms with Gasteiger partial charge in [0.1, 0.15) is 22.0 Å². The quantitative estimate of drug-likeness (QED) is 0.520. The molecule has 1 aliphatic heterocycles. The maximum Gasteiger partial charge on any atom is 0.420 e. The average Bonchev–Trinajstić information content (AvgIpc) is 3.51. The lowest BCUT2D eigenvalue weighted by molar-refractivity contribution is -0.139. The van der Waals surface area contributed by atoms with Gasteiger partial charge in [-0.1, -0.05) is 6.08 Å². The number of nitrogens with zero attached hydrogens (tertiary/aromatic N) is 3. The Morgan fingerprint density at radius 3 is 2.74 bits per heavy atom. The van der Waals surface area contributed by atoms with Crippen molar-refractivity contribution in [2.24, 2.45) is 0 Å². The summed E-state index contributed by atoms with van der Waals surface area (Å²) in [4.78, 5) is 17.3. The molecule has 3 aromatic rings. The van der Waals surface area contributed by atoms with E-state index in [0.29, 0.717) is 35.7 Å². The van der Waals surface area contributed by atoms with Gasteiger partial charge in [0.2, 0.25) is 0 Å². The van der Waals surface area contributed by atoms with Crippen molar-refractivity contribution in [2.45, 2.75) is 31.5 Å². The predicted octanol–water partition coefficient (Wildman–Crippen LogP) is 4.79. The van der Waals surface area contributed by atoms with Gasteiger partial charge in [0, 0.05) is 28.7 Å². The molecule has 2 aromatic heterocycles. The number of carbonyl (C=O) groups is 1. The van der Waals surface area contributed by atoms with Crippen LogP contribution in [0.5, 0.6) is 5.75 Å². The maximum absolute atomic E-state index is 14.3. The molecule has 0 radical (unpaired) electrons. The molecule has 5 rings (SSSR count). The molecule has 3 heterocycles. The van der Waals surface area contributed by atoms with E-state index in [0.717, 1.165) is 12.8 Å². The molecular formula is C23H20F3N5O2S. The van der Waals surface area contributed by atoms with E-state index in [9.17, 15) is 18.0 Å². The van der Waals surface area contributed by atoms with E-state index in [1.54, 1.807) is 17.5 Å². The fourth-order valence-electron chi connectivity index (χ4n) is 3.73. The second-order valence-corrected chi connectivity index (χ2v) is 8.84. The number of anilines is 1. The summed E-state index contributed by atoms with van der Waals surface area (Å²) in [5.41, 5.74) is 0.495. The van der Waals surface area contributed by atoms with Crippen molar-refractivity contribution in [3.63, 3.8) is 0 Å². The highest BCUT2D eigenvalue weighted by Gasteiger charge is 2.41. The summed E-state index contributed by atoms with van der Waals surface area (Å²) in [7, 11) is 0. The van der Waals surface area contributed by atoms with E-state index in [2.05, 4.69) is 25.8 Å². The summed E-state index contributed by atoms with van der Waals surface area (Å²) in [6, 6.07) is 4.48. The first-order valence-corrected chi connectivity index (χ1v) is 11.6. The topological polar surface area (TPSA) is 89.0 Å². The number of nitrogens with one attached hydrogen (secondary N) is 2. The van der Waals surface area contributed by atoms with Gasteiger partial charge in [0.25, 0.3) is 5.91 Å². The SMILES string of the molecule is O=C(Nc1ccc(OC2CC2)c(C(F)(F)F)c1C1=CCNCC1)c1csc(-c2ccnnc2)n1. The highest BCUT2D eigenvalue weighted by Crippen LogP contribution is 2.46. The number of aromatic nitrogens is 3. The van der Waals surface area contributed by atoms with Crippen LogP contribution in [0, 0.1) is 0 Å². The molecule has 1 amide bonds. The number of amides is 1. The smallest absolute Gasteiger partial charge is 0.420 e. The normalized spacial score (nSPS) is 16.1. The third kappa shape index (κ3) is 4.80. The summed E-state index contributed by atoms with van der Waals surface area (Å²) >= 11 is 1.24. The van der Waals surface area contributed by atoms with Gasteiger partial charge in [0.15, 0.2) is 0 Å². The van der Waals surface area contributed by atoms with Crippen molar-refractivity contribution in [3.8, 4) is 16.3 Å². The summed E-state index contributed by atoms with van der Waals surface area (Å²) in [6.45, 7) is 0.989. The standard InChI is InChI=1S/C23H20F3N5O2S/c24-23(25,26)20-18(33-15-1-2-15)4-3-16(19(20)13-5-8-27-9-6-13)30-21(32)17-12-34-22(31-17)14-7-10-28-29-11-14/h3-5,7,10-12,15,27H,1-2,6,8-9H2,(H,30,32). The Hall–Kier alpha value is -3.31. The lowest BCUT2D eigenvalue weighted by Crippen LogP contribution is -2.23. The van der Waals surface area contributed by atoms with Crippen LogP contribution in [0.3, 0.4) is 0 Å². The van der Waals surface area contributed by atoms with Crippen molar-refractivity contribution in [2.75, 3.05) is 18.4 Å². The van der Waals surface area contributed by atoms with Gasteiger partial charge in [-0.3, -0.25) is 4.79 Å². The van der Waals surface area contributed by atoms with E-state index in [1.807, 2.05) is 0 Å². The van der Waals surface area contributed by atoms with Crippen LogP contribution in [0.25, 0.3) is 16.1 Å². The zero-order valence-corrected chi connectivity index (χ0v) is 18.7.